The van der Waals surface area contributed by atoms with E-state index in [1.165, 1.54) is 4.80 Å². The predicted octanol–water partition coefficient (Wildman–Crippen LogP) is 1.71. The van der Waals surface area contributed by atoms with E-state index in [2.05, 4.69) is 10.2 Å². The molecule has 0 bridgehead atoms. The SMILES string of the molecule is Cc1nn(-c2ccccc2)nc1F. The highest BCUT2D eigenvalue weighted by atomic mass is 19.1. The molecule has 1 aromatic carbocycles. The second-order valence-corrected chi connectivity index (χ2v) is 2.70. The number of hydrogen-bond acceptors (Lipinski definition) is 2. The molecular formula is C9H8FN3. The Bertz CT molecular complexity index is 389. The molecule has 3 nitrogen and oxygen atoms in total. The van der Waals surface area contributed by atoms with Crippen molar-refractivity contribution in [2.45, 2.75) is 6.92 Å². The first-order valence-electron chi connectivity index (χ1n) is 3.92. The van der Waals surface area contributed by atoms with Gasteiger partial charge in [-0.1, -0.05) is 18.2 Å². The van der Waals surface area contributed by atoms with Gasteiger partial charge in [-0.2, -0.15) is 9.49 Å². The topological polar surface area (TPSA) is 30.7 Å². The van der Waals surface area contributed by atoms with E-state index in [0.29, 0.717) is 5.69 Å². The molecule has 0 aliphatic heterocycles. The summed E-state index contributed by atoms with van der Waals surface area (Å²) in [6.45, 7) is 1.59. The summed E-state index contributed by atoms with van der Waals surface area (Å²) in [7, 11) is 0. The van der Waals surface area contributed by atoms with Crippen LogP contribution < -0.4 is 0 Å². The van der Waals surface area contributed by atoms with E-state index in [9.17, 15) is 4.39 Å². The first-order chi connectivity index (χ1) is 6.27. The molecule has 0 atom stereocenters. The zero-order valence-corrected chi connectivity index (χ0v) is 7.11. The van der Waals surface area contributed by atoms with E-state index in [1.807, 2.05) is 30.3 Å². The molecule has 4 heteroatoms. The fraction of sp³-hybridized carbons (Fsp3) is 0.111. The second kappa shape index (κ2) is 2.97. The van der Waals surface area contributed by atoms with Gasteiger partial charge < -0.3 is 0 Å². The molecule has 2 aromatic rings. The Labute approximate surface area is 74.8 Å². The number of hydrogen-bond donors (Lipinski definition) is 0. The number of para-hydroxylation sites is 1. The normalized spacial score (nSPS) is 10.3. The van der Waals surface area contributed by atoms with Crippen molar-refractivity contribution >= 4 is 0 Å². The number of halogens is 1. The van der Waals surface area contributed by atoms with Crippen molar-refractivity contribution in [1.82, 2.24) is 15.0 Å². The zero-order valence-electron chi connectivity index (χ0n) is 7.11. The van der Waals surface area contributed by atoms with E-state index < -0.39 is 5.95 Å². The number of nitrogens with zero attached hydrogens (tertiary/aromatic N) is 3. The molecule has 13 heavy (non-hydrogen) atoms. The number of aryl methyl sites for hydroxylation is 1. The highest BCUT2D eigenvalue weighted by molar-refractivity contribution is 5.28. The average molecular weight is 177 g/mol. The molecule has 0 aliphatic carbocycles. The molecule has 66 valence electrons. The average Bonchev–Trinajstić information content (AvgIpc) is 2.49. The van der Waals surface area contributed by atoms with Gasteiger partial charge in [0, 0.05) is 0 Å². The maximum absolute atomic E-state index is 12.8. The maximum Gasteiger partial charge on any atom is 0.256 e. The lowest BCUT2D eigenvalue weighted by molar-refractivity contribution is 0.558. The zero-order chi connectivity index (χ0) is 9.26. The van der Waals surface area contributed by atoms with Crippen molar-refractivity contribution in [3.8, 4) is 5.69 Å². The van der Waals surface area contributed by atoms with E-state index in [-0.39, 0.29) is 0 Å². The van der Waals surface area contributed by atoms with Gasteiger partial charge in [0.15, 0.2) is 0 Å². The summed E-state index contributed by atoms with van der Waals surface area (Å²) >= 11 is 0. The van der Waals surface area contributed by atoms with Crippen LogP contribution in [0.1, 0.15) is 5.69 Å². The fourth-order valence-corrected chi connectivity index (χ4v) is 1.04. The molecule has 0 aliphatic rings. The summed E-state index contributed by atoms with van der Waals surface area (Å²) in [5.41, 5.74) is 1.07. The quantitative estimate of drug-likeness (QED) is 0.664. The standard InChI is InChI=1S/C9H8FN3/c1-7-9(10)12-13(11-7)8-5-3-2-4-6-8/h2-6H,1H3. The van der Waals surface area contributed by atoms with Gasteiger partial charge in [0.25, 0.3) is 5.95 Å². The lowest BCUT2D eigenvalue weighted by atomic mass is 10.3. The molecule has 0 saturated heterocycles. The molecule has 0 spiro atoms. The summed E-state index contributed by atoms with van der Waals surface area (Å²) in [4.78, 5) is 1.28. The Hall–Kier alpha value is -1.71. The van der Waals surface area contributed by atoms with Gasteiger partial charge in [-0.25, -0.2) is 0 Å². The van der Waals surface area contributed by atoms with Crippen molar-refractivity contribution in [3.05, 3.63) is 42.0 Å². The van der Waals surface area contributed by atoms with Crippen LogP contribution in [0.4, 0.5) is 4.39 Å². The Kier molecular flexibility index (Phi) is 1.81. The molecule has 0 saturated carbocycles. The van der Waals surface area contributed by atoms with Crippen molar-refractivity contribution in [3.63, 3.8) is 0 Å². The largest absolute Gasteiger partial charge is 0.256 e. The summed E-state index contributed by atoms with van der Waals surface area (Å²) in [6.07, 6.45) is 0. The first kappa shape index (κ1) is 7.91. The van der Waals surface area contributed by atoms with E-state index in [1.54, 1.807) is 6.92 Å². The monoisotopic (exact) mass is 177 g/mol. The Morgan fingerprint density at radius 3 is 2.38 bits per heavy atom. The lowest BCUT2D eigenvalue weighted by Crippen LogP contribution is -1.98. The van der Waals surface area contributed by atoms with Crippen LogP contribution >= 0.6 is 0 Å². The minimum atomic E-state index is -0.524. The molecular weight excluding hydrogens is 169 g/mol. The van der Waals surface area contributed by atoms with Crippen LogP contribution in [0.25, 0.3) is 5.69 Å². The summed E-state index contributed by atoms with van der Waals surface area (Å²) < 4.78 is 12.8. The summed E-state index contributed by atoms with van der Waals surface area (Å²) in [5, 5.41) is 7.53. The first-order valence-corrected chi connectivity index (χ1v) is 3.92. The van der Waals surface area contributed by atoms with Gasteiger partial charge in [0.1, 0.15) is 5.69 Å². The highest BCUT2D eigenvalue weighted by Crippen LogP contribution is 2.05. The molecule has 0 amide bonds. The van der Waals surface area contributed by atoms with Crippen molar-refractivity contribution in [1.29, 1.82) is 0 Å². The van der Waals surface area contributed by atoms with E-state index in [4.69, 9.17) is 0 Å². The lowest BCUT2D eigenvalue weighted by Gasteiger charge is -1.95. The Morgan fingerprint density at radius 2 is 1.85 bits per heavy atom. The minimum Gasteiger partial charge on any atom is -0.181 e. The van der Waals surface area contributed by atoms with Gasteiger partial charge in [-0.3, -0.25) is 0 Å². The van der Waals surface area contributed by atoms with E-state index >= 15 is 0 Å². The highest BCUT2D eigenvalue weighted by Gasteiger charge is 2.05. The molecule has 0 radical (unpaired) electrons. The smallest absolute Gasteiger partial charge is 0.181 e. The van der Waals surface area contributed by atoms with Crippen LogP contribution in [0.3, 0.4) is 0 Å². The third-order valence-electron chi connectivity index (χ3n) is 1.71. The summed E-state index contributed by atoms with van der Waals surface area (Å²) in [5.74, 6) is -0.524. The third kappa shape index (κ3) is 1.42. The van der Waals surface area contributed by atoms with Gasteiger partial charge in [-0.15, -0.1) is 9.90 Å². The van der Waals surface area contributed by atoms with Crippen molar-refractivity contribution in [2.24, 2.45) is 0 Å². The number of rotatable bonds is 1. The fourth-order valence-electron chi connectivity index (χ4n) is 1.04. The molecule has 0 fully saturated rings. The molecule has 0 N–H and O–H groups in total. The second-order valence-electron chi connectivity index (χ2n) is 2.70. The van der Waals surface area contributed by atoms with Crippen LogP contribution in [-0.2, 0) is 0 Å². The van der Waals surface area contributed by atoms with Gasteiger partial charge in [0.2, 0.25) is 0 Å². The predicted molar refractivity (Wildman–Crippen MR) is 46.1 cm³/mol. The molecule has 2 rings (SSSR count). The molecule has 0 unspecified atom stereocenters. The Balaban J connectivity index is 2.48. The Morgan fingerprint density at radius 1 is 1.15 bits per heavy atom. The maximum atomic E-state index is 12.8. The number of benzene rings is 1. The van der Waals surface area contributed by atoms with Crippen LogP contribution in [0.2, 0.25) is 0 Å². The van der Waals surface area contributed by atoms with Crippen LogP contribution in [0.15, 0.2) is 30.3 Å². The van der Waals surface area contributed by atoms with Crippen LogP contribution in [0.5, 0.6) is 0 Å². The van der Waals surface area contributed by atoms with Crippen LogP contribution in [-0.4, -0.2) is 15.0 Å². The van der Waals surface area contributed by atoms with Gasteiger partial charge >= 0.3 is 0 Å². The molecule has 1 aromatic heterocycles. The van der Waals surface area contributed by atoms with Gasteiger partial charge in [-0.05, 0) is 19.1 Å². The van der Waals surface area contributed by atoms with Crippen LogP contribution in [0, 0.1) is 12.9 Å². The van der Waals surface area contributed by atoms with Crippen molar-refractivity contribution < 1.29 is 4.39 Å². The summed E-state index contributed by atoms with van der Waals surface area (Å²) in [6, 6.07) is 9.23. The van der Waals surface area contributed by atoms with E-state index in [0.717, 1.165) is 5.69 Å². The van der Waals surface area contributed by atoms with Gasteiger partial charge in [0.05, 0.1) is 5.69 Å². The van der Waals surface area contributed by atoms with Crippen molar-refractivity contribution in [2.75, 3.05) is 0 Å². The molecule has 1 heterocycles. The third-order valence-corrected chi connectivity index (χ3v) is 1.71. The minimum absolute atomic E-state index is 0.309. The number of aromatic nitrogens is 3.